The summed E-state index contributed by atoms with van der Waals surface area (Å²) >= 11 is 0. The Hall–Kier alpha value is -2.38. The van der Waals surface area contributed by atoms with E-state index in [-0.39, 0.29) is 23.3 Å². The maximum Gasteiger partial charge on any atom is 0.240 e. The minimum atomic E-state index is -3.62. The average Bonchev–Trinajstić information content (AvgIpc) is 3.00. The van der Waals surface area contributed by atoms with Crippen LogP contribution in [0.15, 0.2) is 53.4 Å². The van der Waals surface area contributed by atoms with Crippen molar-refractivity contribution in [3.63, 3.8) is 0 Å². The fourth-order valence-corrected chi connectivity index (χ4v) is 4.48. The zero-order chi connectivity index (χ0) is 19.4. The summed E-state index contributed by atoms with van der Waals surface area (Å²) in [6, 6.07) is 14.5. The summed E-state index contributed by atoms with van der Waals surface area (Å²) in [7, 11) is -2.08. The molecule has 0 spiro atoms. The fourth-order valence-electron chi connectivity index (χ4n) is 3.28. The molecule has 27 heavy (non-hydrogen) atoms. The van der Waals surface area contributed by atoms with Crippen LogP contribution in [0.4, 0.5) is 0 Å². The minimum Gasteiger partial charge on any atom is -0.496 e. The molecule has 0 aromatic heterocycles. The number of nitrogens with zero attached hydrogens (tertiary/aromatic N) is 1. The Labute approximate surface area is 160 Å². The predicted molar refractivity (Wildman–Crippen MR) is 103 cm³/mol. The first kappa shape index (κ1) is 19.4. The van der Waals surface area contributed by atoms with Crippen molar-refractivity contribution in [3.8, 4) is 5.75 Å². The first-order valence-corrected chi connectivity index (χ1v) is 10.3. The van der Waals surface area contributed by atoms with Gasteiger partial charge >= 0.3 is 0 Å². The standard InChI is InChI=1S/C20H24N2O4S/c1-15-10-18(8-9-19(15)26-2)27(24,25)21-12-17-11-20(23)22(14-17)13-16-6-4-3-5-7-16/h3-10,17,21H,11-14H2,1-2H3. The van der Waals surface area contributed by atoms with E-state index in [1.807, 2.05) is 30.3 Å². The van der Waals surface area contributed by atoms with Crippen LogP contribution in [-0.2, 0) is 21.4 Å². The zero-order valence-electron chi connectivity index (χ0n) is 15.5. The second-order valence-corrected chi connectivity index (χ2v) is 8.58. The Morgan fingerprint density at radius 1 is 1.19 bits per heavy atom. The first-order chi connectivity index (χ1) is 12.9. The van der Waals surface area contributed by atoms with Crippen molar-refractivity contribution in [2.24, 2.45) is 5.92 Å². The van der Waals surface area contributed by atoms with Gasteiger partial charge < -0.3 is 9.64 Å². The van der Waals surface area contributed by atoms with Gasteiger partial charge in [0, 0.05) is 26.1 Å². The number of sulfonamides is 1. The molecule has 1 atom stereocenters. The number of hydrogen-bond donors (Lipinski definition) is 1. The highest BCUT2D eigenvalue weighted by Gasteiger charge is 2.30. The third kappa shape index (κ3) is 4.67. The molecule has 0 bridgehead atoms. The van der Waals surface area contributed by atoms with Crippen LogP contribution in [0.2, 0.25) is 0 Å². The average molecular weight is 388 g/mol. The molecule has 2 aromatic carbocycles. The van der Waals surface area contributed by atoms with E-state index in [4.69, 9.17) is 4.74 Å². The number of likely N-dealkylation sites (tertiary alicyclic amines) is 1. The van der Waals surface area contributed by atoms with Gasteiger partial charge in [0.1, 0.15) is 5.75 Å². The van der Waals surface area contributed by atoms with E-state index >= 15 is 0 Å². The summed E-state index contributed by atoms with van der Waals surface area (Å²) in [5, 5.41) is 0. The van der Waals surface area contributed by atoms with Gasteiger partial charge in [-0.1, -0.05) is 30.3 Å². The summed E-state index contributed by atoms with van der Waals surface area (Å²) in [5.41, 5.74) is 1.83. The summed E-state index contributed by atoms with van der Waals surface area (Å²) in [6.45, 7) is 3.15. The molecule has 1 N–H and O–H groups in total. The van der Waals surface area contributed by atoms with Gasteiger partial charge in [0.05, 0.1) is 12.0 Å². The van der Waals surface area contributed by atoms with Crippen LogP contribution in [0.5, 0.6) is 5.75 Å². The first-order valence-electron chi connectivity index (χ1n) is 8.85. The molecule has 0 saturated carbocycles. The molecule has 2 aromatic rings. The molecule has 7 heteroatoms. The topological polar surface area (TPSA) is 75.7 Å². The number of ether oxygens (including phenoxy) is 1. The number of carbonyl (C=O) groups is 1. The van der Waals surface area contributed by atoms with Crippen molar-refractivity contribution in [2.45, 2.75) is 24.8 Å². The van der Waals surface area contributed by atoms with Gasteiger partial charge in [-0.2, -0.15) is 0 Å². The molecule has 0 aliphatic carbocycles. The fraction of sp³-hybridized carbons (Fsp3) is 0.350. The van der Waals surface area contributed by atoms with Crippen molar-refractivity contribution in [3.05, 3.63) is 59.7 Å². The number of carbonyl (C=O) groups excluding carboxylic acids is 1. The van der Waals surface area contributed by atoms with Gasteiger partial charge in [0.25, 0.3) is 0 Å². The lowest BCUT2D eigenvalue weighted by atomic mass is 10.1. The van der Waals surface area contributed by atoms with E-state index < -0.39 is 10.0 Å². The van der Waals surface area contributed by atoms with Crippen molar-refractivity contribution < 1.29 is 17.9 Å². The van der Waals surface area contributed by atoms with Crippen LogP contribution < -0.4 is 9.46 Å². The van der Waals surface area contributed by atoms with Crippen LogP contribution in [0.3, 0.4) is 0 Å². The van der Waals surface area contributed by atoms with E-state index in [9.17, 15) is 13.2 Å². The number of hydrogen-bond acceptors (Lipinski definition) is 4. The van der Waals surface area contributed by atoms with Gasteiger partial charge in [0.2, 0.25) is 15.9 Å². The molecule has 1 amide bonds. The molecule has 1 aliphatic rings. The quantitative estimate of drug-likeness (QED) is 0.790. The van der Waals surface area contributed by atoms with E-state index in [0.29, 0.717) is 25.3 Å². The highest BCUT2D eigenvalue weighted by atomic mass is 32.2. The van der Waals surface area contributed by atoms with Crippen LogP contribution in [-0.4, -0.2) is 39.4 Å². The number of methoxy groups -OCH3 is 1. The molecule has 1 saturated heterocycles. The van der Waals surface area contributed by atoms with Crippen molar-refractivity contribution in [2.75, 3.05) is 20.2 Å². The molecule has 1 fully saturated rings. The molecule has 3 rings (SSSR count). The van der Waals surface area contributed by atoms with E-state index in [1.165, 1.54) is 6.07 Å². The lowest BCUT2D eigenvalue weighted by Gasteiger charge is -2.17. The second-order valence-electron chi connectivity index (χ2n) is 6.81. The largest absolute Gasteiger partial charge is 0.496 e. The van der Waals surface area contributed by atoms with E-state index in [0.717, 1.165) is 11.1 Å². The predicted octanol–water partition coefficient (Wildman–Crippen LogP) is 2.33. The van der Waals surface area contributed by atoms with Gasteiger partial charge in [0.15, 0.2) is 0 Å². The maximum absolute atomic E-state index is 12.5. The zero-order valence-corrected chi connectivity index (χ0v) is 16.3. The summed E-state index contributed by atoms with van der Waals surface area (Å²) < 4.78 is 32.9. The molecular weight excluding hydrogens is 364 g/mol. The highest BCUT2D eigenvalue weighted by Crippen LogP contribution is 2.23. The number of aryl methyl sites for hydroxylation is 1. The van der Waals surface area contributed by atoms with Gasteiger partial charge in [-0.25, -0.2) is 13.1 Å². The SMILES string of the molecule is COc1ccc(S(=O)(=O)NCC2CC(=O)N(Cc3ccccc3)C2)cc1C. The van der Waals surface area contributed by atoms with Crippen LogP contribution in [0.25, 0.3) is 0 Å². The van der Waals surface area contributed by atoms with Crippen molar-refractivity contribution >= 4 is 15.9 Å². The lowest BCUT2D eigenvalue weighted by molar-refractivity contribution is -0.128. The Morgan fingerprint density at radius 2 is 1.93 bits per heavy atom. The Bertz CT molecular complexity index is 913. The molecule has 0 radical (unpaired) electrons. The van der Waals surface area contributed by atoms with Gasteiger partial charge in [-0.15, -0.1) is 0 Å². The molecule has 144 valence electrons. The van der Waals surface area contributed by atoms with Crippen LogP contribution in [0.1, 0.15) is 17.5 Å². The monoisotopic (exact) mass is 388 g/mol. The van der Waals surface area contributed by atoms with Gasteiger partial charge in [-0.3, -0.25) is 4.79 Å². The Morgan fingerprint density at radius 3 is 2.59 bits per heavy atom. The number of amides is 1. The number of benzene rings is 2. The third-order valence-corrected chi connectivity index (χ3v) is 6.17. The van der Waals surface area contributed by atoms with E-state index in [2.05, 4.69) is 4.72 Å². The number of nitrogens with one attached hydrogen (secondary N) is 1. The number of rotatable bonds is 7. The second kappa shape index (κ2) is 8.10. The third-order valence-electron chi connectivity index (χ3n) is 4.75. The van der Waals surface area contributed by atoms with Crippen LogP contribution >= 0.6 is 0 Å². The van der Waals surface area contributed by atoms with Crippen molar-refractivity contribution in [1.29, 1.82) is 0 Å². The van der Waals surface area contributed by atoms with Gasteiger partial charge in [-0.05, 0) is 42.2 Å². The van der Waals surface area contributed by atoms with Crippen LogP contribution in [0, 0.1) is 12.8 Å². The maximum atomic E-state index is 12.5. The summed E-state index contributed by atoms with van der Waals surface area (Å²) in [6.07, 6.45) is 0.358. The molecule has 6 nitrogen and oxygen atoms in total. The summed E-state index contributed by atoms with van der Waals surface area (Å²) in [4.78, 5) is 14.2. The van der Waals surface area contributed by atoms with Crippen molar-refractivity contribution in [1.82, 2.24) is 9.62 Å². The lowest BCUT2D eigenvalue weighted by Crippen LogP contribution is -2.31. The minimum absolute atomic E-state index is 0.0321. The molecular formula is C20H24N2O4S. The summed E-state index contributed by atoms with van der Waals surface area (Å²) in [5.74, 6) is 0.672. The Kier molecular flexibility index (Phi) is 5.82. The van der Waals surface area contributed by atoms with E-state index in [1.54, 1.807) is 31.1 Å². The highest BCUT2D eigenvalue weighted by molar-refractivity contribution is 7.89. The molecule has 1 aliphatic heterocycles. The normalized spacial score (nSPS) is 17.3. The molecule has 1 unspecified atom stereocenters. The Balaban J connectivity index is 1.59. The smallest absolute Gasteiger partial charge is 0.240 e. The molecule has 1 heterocycles.